The maximum absolute atomic E-state index is 12.7. The first-order valence-electron chi connectivity index (χ1n) is 9.29. The van der Waals surface area contributed by atoms with Crippen LogP contribution in [-0.4, -0.2) is 46.7 Å². The molecule has 1 fully saturated rings. The van der Waals surface area contributed by atoms with E-state index in [-0.39, 0.29) is 26.9 Å². The summed E-state index contributed by atoms with van der Waals surface area (Å²) < 4.78 is 49.4. The average molecular weight is 472 g/mol. The molecule has 0 radical (unpaired) electrons. The molecule has 11 heteroatoms. The number of carbonyl (C=O) groups is 1. The highest BCUT2D eigenvalue weighted by Gasteiger charge is 2.28. The highest BCUT2D eigenvalue weighted by molar-refractivity contribution is 7.89. The zero-order valence-electron chi connectivity index (χ0n) is 16.0. The van der Waals surface area contributed by atoms with Crippen LogP contribution in [0.5, 0.6) is 0 Å². The number of halogens is 1. The minimum atomic E-state index is -3.75. The van der Waals surface area contributed by atoms with E-state index < -0.39 is 26.0 Å². The smallest absolute Gasteiger partial charge is 0.252 e. The summed E-state index contributed by atoms with van der Waals surface area (Å²) in [4.78, 5) is 12.6. The first-order valence-corrected chi connectivity index (χ1v) is 12.6. The number of benzene rings is 2. The molecule has 2 aromatic carbocycles. The molecule has 8 nitrogen and oxygen atoms in total. The molecular formula is C19H22ClN3O5S2. The van der Waals surface area contributed by atoms with Crippen molar-refractivity contribution >= 4 is 37.6 Å². The summed E-state index contributed by atoms with van der Waals surface area (Å²) in [5.41, 5.74) is 0.890. The largest absolute Gasteiger partial charge is 0.352 e. The normalized spacial score (nSPS) is 15.3. The van der Waals surface area contributed by atoms with Gasteiger partial charge < -0.3 is 5.32 Å². The van der Waals surface area contributed by atoms with Crippen LogP contribution in [0.2, 0.25) is 5.02 Å². The third kappa shape index (κ3) is 5.19. The van der Waals surface area contributed by atoms with E-state index in [1.54, 1.807) is 12.1 Å². The van der Waals surface area contributed by atoms with Crippen molar-refractivity contribution in [2.75, 3.05) is 19.6 Å². The number of hydrogen-bond acceptors (Lipinski definition) is 5. The summed E-state index contributed by atoms with van der Waals surface area (Å²) in [6.07, 6.45) is 2.08. The van der Waals surface area contributed by atoms with Crippen LogP contribution in [0.15, 0.2) is 52.3 Å². The summed E-state index contributed by atoms with van der Waals surface area (Å²) in [5, 5.41) is 7.93. The summed E-state index contributed by atoms with van der Waals surface area (Å²) in [5.74, 6) is -0.486. The fourth-order valence-electron chi connectivity index (χ4n) is 3.18. The Morgan fingerprint density at radius 3 is 2.20 bits per heavy atom. The number of primary sulfonamides is 1. The summed E-state index contributed by atoms with van der Waals surface area (Å²) in [7, 11) is -7.41. The fraction of sp³-hybridized carbons (Fsp3) is 0.316. The lowest BCUT2D eigenvalue weighted by Crippen LogP contribution is -2.29. The molecule has 30 heavy (non-hydrogen) atoms. The number of hydrogen-bond donors (Lipinski definition) is 2. The van der Waals surface area contributed by atoms with Gasteiger partial charge in [0.1, 0.15) is 0 Å². The number of nitrogens with zero attached hydrogens (tertiary/aromatic N) is 1. The Kier molecular flexibility index (Phi) is 6.83. The standard InChI is InChI=1S/C19H22ClN3O5S2/c20-18-8-7-16(30(27,28)23-11-1-2-12-23)13-17(18)19(24)22-10-9-14-3-5-15(6-4-14)29(21,25)26/h3-8,13H,1-2,9-12H2,(H,22,24)(H2,21,25,26). The van der Waals surface area contributed by atoms with Crippen LogP contribution in [0.3, 0.4) is 0 Å². The highest BCUT2D eigenvalue weighted by atomic mass is 35.5. The first kappa shape index (κ1) is 22.7. The highest BCUT2D eigenvalue weighted by Crippen LogP contribution is 2.25. The van der Waals surface area contributed by atoms with Crippen LogP contribution in [0.25, 0.3) is 0 Å². The fourth-order valence-corrected chi connectivity index (χ4v) is 5.44. The number of rotatable bonds is 7. The number of sulfonamides is 2. The maximum atomic E-state index is 12.7. The van der Waals surface area contributed by atoms with Crippen LogP contribution in [-0.2, 0) is 26.5 Å². The predicted octanol–water partition coefficient (Wildman–Crippen LogP) is 1.74. The second kappa shape index (κ2) is 9.03. The quantitative estimate of drug-likeness (QED) is 0.636. The minimum absolute atomic E-state index is 0.0121. The van der Waals surface area contributed by atoms with Crippen molar-refractivity contribution in [3.05, 3.63) is 58.6 Å². The first-order chi connectivity index (χ1) is 14.1. The summed E-state index contributed by atoms with van der Waals surface area (Å²) in [6, 6.07) is 10.1. The topological polar surface area (TPSA) is 127 Å². The number of carbonyl (C=O) groups excluding carboxylic acids is 1. The average Bonchev–Trinajstić information content (AvgIpc) is 3.23. The molecule has 0 unspecified atom stereocenters. The van der Waals surface area contributed by atoms with Crippen LogP contribution in [0.1, 0.15) is 28.8 Å². The van der Waals surface area contributed by atoms with Crippen molar-refractivity contribution in [2.24, 2.45) is 5.14 Å². The molecule has 0 atom stereocenters. The van der Waals surface area contributed by atoms with Gasteiger partial charge >= 0.3 is 0 Å². The molecule has 0 aromatic heterocycles. The van der Waals surface area contributed by atoms with Gasteiger partial charge in [-0.2, -0.15) is 4.31 Å². The molecule has 1 aliphatic rings. The van der Waals surface area contributed by atoms with Gasteiger partial charge in [0, 0.05) is 19.6 Å². The van der Waals surface area contributed by atoms with Gasteiger partial charge in [-0.25, -0.2) is 22.0 Å². The van der Waals surface area contributed by atoms with Gasteiger partial charge in [0.15, 0.2) is 0 Å². The van der Waals surface area contributed by atoms with Crippen molar-refractivity contribution in [3.8, 4) is 0 Å². The van der Waals surface area contributed by atoms with E-state index in [2.05, 4.69) is 5.32 Å². The van der Waals surface area contributed by atoms with Crippen molar-refractivity contribution in [2.45, 2.75) is 29.1 Å². The Bertz CT molecular complexity index is 1140. The SMILES string of the molecule is NS(=O)(=O)c1ccc(CCNC(=O)c2cc(S(=O)(=O)N3CCCC3)ccc2Cl)cc1. The van der Waals surface area contributed by atoms with Gasteiger partial charge in [0.2, 0.25) is 20.0 Å². The molecule has 1 saturated heterocycles. The number of amides is 1. The molecule has 2 aromatic rings. The van der Waals surface area contributed by atoms with Gasteiger partial charge in [-0.1, -0.05) is 23.7 Å². The molecule has 162 valence electrons. The molecule has 0 aliphatic carbocycles. The van der Waals surface area contributed by atoms with Gasteiger partial charge in [-0.05, 0) is 55.2 Å². The van der Waals surface area contributed by atoms with E-state index in [0.29, 0.717) is 19.5 Å². The molecule has 0 saturated carbocycles. The van der Waals surface area contributed by atoms with Gasteiger partial charge in [-0.3, -0.25) is 4.79 Å². The molecule has 1 aliphatic heterocycles. The molecule has 1 amide bonds. The van der Waals surface area contributed by atoms with Gasteiger partial charge in [0.25, 0.3) is 5.91 Å². The lowest BCUT2D eigenvalue weighted by atomic mass is 10.1. The molecular weight excluding hydrogens is 450 g/mol. The van der Waals surface area contributed by atoms with Gasteiger partial charge in [0.05, 0.1) is 20.4 Å². The van der Waals surface area contributed by atoms with E-state index in [9.17, 15) is 21.6 Å². The summed E-state index contributed by atoms with van der Waals surface area (Å²) >= 11 is 6.12. The van der Waals surface area contributed by atoms with Crippen LogP contribution >= 0.6 is 11.6 Å². The lowest BCUT2D eigenvalue weighted by Gasteiger charge is -2.16. The number of nitrogens with one attached hydrogen (secondary N) is 1. The second-order valence-corrected chi connectivity index (χ2v) is 10.9. The van der Waals surface area contributed by atoms with Crippen LogP contribution in [0, 0.1) is 0 Å². The van der Waals surface area contributed by atoms with Crippen LogP contribution in [0.4, 0.5) is 0 Å². The van der Waals surface area contributed by atoms with E-state index in [1.165, 1.54) is 34.6 Å². The molecule has 0 bridgehead atoms. The number of nitrogens with two attached hydrogens (primary N) is 1. The van der Waals surface area contributed by atoms with Crippen molar-refractivity contribution < 1.29 is 21.6 Å². The van der Waals surface area contributed by atoms with Crippen molar-refractivity contribution in [3.63, 3.8) is 0 Å². The van der Waals surface area contributed by atoms with E-state index in [1.807, 2.05) is 0 Å². The Labute approximate surface area is 181 Å². The predicted molar refractivity (Wildman–Crippen MR) is 113 cm³/mol. The maximum Gasteiger partial charge on any atom is 0.252 e. The van der Waals surface area contributed by atoms with Crippen LogP contribution < -0.4 is 10.5 Å². The Morgan fingerprint density at radius 1 is 1.00 bits per heavy atom. The molecule has 3 rings (SSSR count). The van der Waals surface area contributed by atoms with E-state index >= 15 is 0 Å². The van der Waals surface area contributed by atoms with Gasteiger partial charge in [-0.15, -0.1) is 0 Å². The zero-order chi connectivity index (χ0) is 21.9. The van der Waals surface area contributed by atoms with Crippen molar-refractivity contribution in [1.82, 2.24) is 9.62 Å². The minimum Gasteiger partial charge on any atom is -0.352 e. The second-order valence-electron chi connectivity index (χ2n) is 6.95. The Hall–Kier alpha value is -1.98. The monoisotopic (exact) mass is 471 g/mol. The molecule has 1 heterocycles. The lowest BCUT2D eigenvalue weighted by molar-refractivity contribution is 0.0954. The Morgan fingerprint density at radius 2 is 1.60 bits per heavy atom. The summed E-state index contributed by atoms with van der Waals surface area (Å²) in [6.45, 7) is 1.19. The van der Waals surface area contributed by atoms with Crippen molar-refractivity contribution in [1.29, 1.82) is 0 Å². The zero-order valence-corrected chi connectivity index (χ0v) is 18.4. The van der Waals surface area contributed by atoms with E-state index in [4.69, 9.17) is 16.7 Å². The molecule has 0 spiro atoms. The third-order valence-electron chi connectivity index (χ3n) is 4.84. The molecule has 3 N–H and O–H groups in total. The third-order valence-corrected chi connectivity index (χ3v) is 7.99. The van der Waals surface area contributed by atoms with E-state index in [0.717, 1.165) is 18.4 Å². The Balaban J connectivity index is 1.67.